The van der Waals surface area contributed by atoms with Crippen molar-refractivity contribution in [2.45, 2.75) is 13.8 Å². The molecule has 1 aliphatic heterocycles. The third-order valence-electron chi connectivity index (χ3n) is 5.58. The van der Waals surface area contributed by atoms with Crippen molar-refractivity contribution in [3.63, 3.8) is 0 Å². The molecule has 0 saturated carbocycles. The summed E-state index contributed by atoms with van der Waals surface area (Å²) in [5.74, 6) is -1.40. The van der Waals surface area contributed by atoms with Gasteiger partial charge in [0.2, 0.25) is 5.91 Å². The van der Waals surface area contributed by atoms with Crippen molar-refractivity contribution in [1.82, 2.24) is 4.90 Å². The highest BCUT2D eigenvalue weighted by molar-refractivity contribution is 9.10. The normalized spacial score (nSPS) is 13.9. The highest BCUT2D eigenvalue weighted by Gasteiger charge is 2.36. The zero-order chi connectivity index (χ0) is 29.5. The van der Waals surface area contributed by atoms with Crippen molar-refractivity contribution < 1.29 is 33.0 Å². The molecular weight excluding hydrogens is 617 g/mol. The van der Waals surface area contributed by atoms with Gasteiger partial charge in [-0.3, -0.25) is 24.1 Å². The molecule has 0 bridgehead atoms. The molecule has 0 aliphatic carbocycles. The number of aryl methyl sites for hydroxylation is 1. The maximum atomic E-state index is 13.1. The van der Waals surface area contributed by atoms with Gasteiger partial charge in [-0.15, -0.1) is 0 Å². The molecule has 1 fully saturated rings. The summed E-state index contributed by atoms with van der Waals surface area (Å²) in [5, 5.41) is 4.74. The number of halogens is 2. The van der Waals surface area contributed by atoms with Crippen LogP contribution in [0.5, 0.6) is 11.5 Å². The molecule has 0 atom stereocenters. The minimum absolute atomic E-state index is 0.139. The van der Waals surface area contributed by atoms with Gasteiger partial charge in [-0.1, -0.05) is 12.1 Å². The summed E-state index contributed by atoms with van der Waals surface area (Å²) in [6.45, 7) is 3.19. The van der Waals surface area contributed by atoms with Crippen LogP contribution in [0.3, 0.4) is 0 Å². The van der Waals surface area contributed by atoms with E-state index in [9.17, 15) is 23.6 Å². The van der Waals surface area contributed by atoms with Gasteiger partial charge >= 0.3 is 0 Å². The Bertz CT molecular complexity index is 1530. The fraction of sp³-hybridized carbons (Fsp3) is 0.172. The number of nitrogens with one attached hydrogen (secondary N) is 2. The first kappa shape index (κ1) is 29.8. The molecule has 1 saturated heterocycles. The number of carbonyl (C=O) groups is 4. The topological polar surface area (TPSA) is 114 Å². The van der Waals surface area contributed by atoms with Crippen LogP contribution in [0, 0.1) is 12.7 Å². The lowest BCUT2D eigenvalue weighted by atomic mass is 10.2. The predicted octanol–water partition coefficient (Wildman–Crippen LogP) is 5.99. The van der Waals surface area contributed by atoms with Crippen LogP contribution in [0.25, 0.3) is 6.08 Å². The second-order valence-corrected chi connectivity index (χ2v) is 10.6. The Morgan fingerprint density at radius 2 is 1.73 bits per heavy atom. The largest absolute Gasteiger partial charge is 0.490 e. The summed E-state index contributed by atoms with van der Waals surface area (Å²) in [7, 11) is 0. The first-order valence-electron chi connectivity index (χ1n) is 12.4. The quantitative estimate of drug-likeness (QED) is 0.261. The van der Waals surface area contributed by atoms with Crippen molar-refractivity contribution in [3.8, 4) is 11.5 Å². The summed E-state index contributed by atoms with van der Waals surface area (Å²) in [6, 6.07) is 15.8. The van der Waals surface area contributed by atoms with Crippen LogP contribution in [0.1, 0.15) is 18.1 Å². The molecule has 4 rings (SSSR count). The molecule has 1 heterocycles. The Morgan fingerprint density at radius 3 is 2.44 bits per heavy atom. The molecule has 9 nitrogen and oxygen atoms in total. The third kappa shape index (κ3) is 7.95. The maximum Gasteiger partial charge on any atom is 0.294 e. The molecule has 3 aromatic rings. The van der Waals surface area contributed by atoms with Gasteiger partial charge < -0.3 is 20.1 Å². The zero-order valence-electron chi connectivity index (χ0n) is 22.0. The van der Waals surface area contributed by atoms with Gasteiger partial charge in [0.05, 0.1) is 16.0 Å². The minimum atomic E-state index is -0.591. The lowest BCUT2D eigenvalue weighted by Crippen LogP contribution is -2.36. The number of hydrogen-bond donors (Lipinski definition) is 2. The van der Waals surface area contributed by atoms with E-state index in [4.69, 9.17) is 9.47 Å². The molecule has 0 unspecified atom stereocenters. The monoisotopic (exact) mass is 641 g/mol. The summed E-state index contributed by atoms with van der Waals surface area (Å²) < 4.78 is 24.9. The summed E-state index contributed by atoms with van der Waals surface area (Å²) in [6.07, 6.45) is 1.52. The second-order valence-electron chi connectivity index (χ2n) is 8.79. The summed E-state index contributed by atoms with van der Waals surface area (Å²) in [5.41, 5.74) is 2.47. The van der Waals surface area contributed by atoms with E-state index in [1.807, 2.05) is 13.0 Å². The van der Waals surface area contributed by atoms with Gasteiger partial charge in [-0.25, -0.2) is 4.39 Å². The SMILES string of the molecule is CCOc1cc(/C=C2\SC(=O)N(CC(=O)Nc3cccc(C)c3)C2=O)cc(Br)c1OCC(=O)Nc1ccc(F)cc1. The van der Waals surface area contributed by atoms with Crippen LogP contribution in [0.4, 0.5) is 20.6 Å². The van der Waals surface area contributed by atoms with Crippen molar-refractivity contribution in [3.05, 3.63) is 87.0 Å². The molecule has 3 aromatic carbocycles. The fourth-order valence-corrected chi connectivity index (χ4v) is 5.21. The number of carbonyl (C=O) groups excluding carboxylic acids is 4. The third-order valence-corrected chi connectivity index (χ3v) is 7.08. The van der Waals surface area contributed by atoms with Gasteiger partial charge in [-0.2, -0.15) is 0 Å². The number of rotatable bonds is 10. The number of amides is 4. The zero-order valence-corrected chi connectivity index (χ0v) is 24.4. The Labute approximate surface area is 248 Å². The van der Waals surface area contributed by atoms with Crippen LogP contribution < -0.4 is 20.1 Å². The van der Waals surface area contributed by atoms with Crippen LogP contribution in [-0.4, -0.2) is 47.6 Å². The van der Waals surface area contributed by atoms with Crippen molar-refractivity contribution >= 4 is 68.1 Å². The summed E-state index contributed by atoms with van der Waals surface area (Å²) >= 11 is 4.15. The molecule has 2 N–H and O–H groups in total. The standard InChI is InChI=1S/C29H25BrFN3O6S/c1-3-39-23-13-18(12-22(30)27(23)40-16-26(36)32-20-9-7-19(31)8-10-20)14-24-28(37)34(29(38)41-24)15-25(35)33-21-6-4-5-17(2)11-21/h4-14H,3,15-16H2,1-2H3,(H,32,36)(H,33,35)/b24-14-. The van der Waals surface area contributed by atoms with Gasteiger partial charge in [0.1, 0.15) is 12.4 Å². The van der Waals surface area contributed by atoms with Gasteiger partial charge in [0.15, 0.2) is 18.1 Å². The molecule has 0 aromatic heterocycles. The van der Waals surface area contributed by atoms with E-state index in [1.54, 1.807) is 37.3 Å². The average molecular weight is 643 g/mol. The minimum Gasteiger partial charge on any atom is -0.490 e. The first-order chi connectivity index (χ1) is 19.6. The number of benzene rings is 3. The number of ether oxygens (including phenoxy) is 2. The molecule has 0 spiro atoms. The first-order valence-corrected chi connectivity index (χ1v) is 14.0. The lowest BCUT2D eigenvalue weighted by Gasteiger charge is -2.15. The van der Waals surface area contributed by atoms with Crippen molar-refractivity contribution in [2.75, 3.05) is 30.4 Å². The van der Waals surface area contributed by atoms with E-state index in [-0.39, 0.29) is 17.3 Å². The van der Waals surface area contributed by atoms with Crippen molar-refractivity contribution in [2.24, 2.45) is 0 Å². The average Bonchev–Trinajstić information content (AvgIpc) is 3.17. The molecule has 1 aliphatic rings. The summed E-state index contributed by atoms with van der Waals surface area (Å²) in [4.78, 5) is 51.4. The Hall–Kier alpha value is -4.16. The number of thioether (sulfide) groups is 1. The Balaban J connectivity index is 1.44. The van der Waals surface area contributed by atoms with Gasteiger partial charge in [0, 0.05) is 11.4 Å². The van der Waals surface area contributed by atoms with E-state index in [1.165, 1.54) is 30.3 Å². The van der Waals surface area contributed by atoms with E-state index in [0.29, 0.717) is 33.8 Å². The smallest absolute Gasteiger partial charge is 0.294 e. The highest BCUT2D eigenvalue weighted by atomic mass is 79.9. The van der Waals surface area contributed by atoms with Crippen LogP contribution in [-0.2, 0) is 14.4 Å². The van der Waals surface area contributed by atoms with E-state index >= 15 is 0 Å². The Kier molecular flexibility index (Phi) is 9.79. The lowest BCUT2D eigenvalue weighted by molar-refractivity contribution is -0.127. The molecule has 4 amide bonds. The van der Waals surface area contributed by atoms with Crippen LogP contribution in [0.15, 0.2) is 70.0 Å². The number of nitrogens with zero attached hydrogens (tertiary/aromatic N) is 1. The van der Waals surface area contributed by atoms with E-state index in [0.717, 1.165) is 22.2 Å². The highest BCUT2D eigenvalue weighted by Crippen LogP contribution is 2.39. The predicted molar refractivity (Wildman–Crippen MR) is 158 cm³/mol. The fourth-order valence-electron chi connectivity index (χ4n) is 3.80. The van der Waals surface area contributed by atoms with Crippen LogP contribution in [0.2, 0.25) is 0 Å². The van der Waals surface area contributed by atoms with Gasteiger partial charge in [-0.05, 0) is 107 Å². The number of anilines is 2. The Morgan fingerprint density at radius 1 is 1.00 bits per heavy atom. The second kappa shape index (κ2) is 13.5. The van der Waals surface area contributed by atoms with Gasteiger partial charge in [0.25, 0.3) is 17.1 Å². The molecule has 41 heavy (non-hydrogen) atoms. The molecule has 0 radical (unpaired) electrons. The number of imide groups is 1. The molecule has 12 heteroatoms. The number of hydrogen-bond acceptors (Lipinski definition) is 7. The maximum absolute atomic E-state index is 13.1. The van der Waals surface area contributed by atoms with Crippen LogP contribution >= 0.6 is 27.7 Å². The van der Waals surface area contributed by atoms with Crippen molar-refractivity contribution in [1.29, 1.82) is 0 Å². The van der Waals surface area contributed by atoms with E-state index < -0.39 is 35.3 Å². The van der Waals surface area contributed by atoms with E-state index in [2.05, 4.69) is 26.6 Å². The molecular formula is C29H25BrFN3O6S. The molecule has 212 valence electrons.